The second-order valence-corrected chi connectivity index (χ2v) is 7.04. The van der Waals surface area contributed by atoms with E-state index < -0.39 is 28.7 Å². The van der Waals surface area contributed by atoms with E-state index in [1.165, 1.54) is 19.2 Å². The number of hydrogen-bond donors (Lipinski definition) is 1. The van der Waals surface area contributed by atoms with Crippen LogP contribution in [-0.4, -0.2) is 40.0 Å². The van der Waals surface area contributed by atoms with E-state index in [1.807, 2.05) is 32.0 Å². The van der Waals surface area contributed by atoms with Crippen LogP contribution in [0.3, 0.4) is 0 Å². The zero-order valence-corrected chi connectivity index (χ0v) is 18.6. The largest absolute Gasteiger partial charge is 0.490 e. The van der Waals surface area contributed by atoms with E-state index in [4.69, 9.17) is 9.47 Å². The molecule has 2 aromatic carbocycles. The summed E-state index contributed by atoms with van der Waals surface area (Å²) in [7, 11) is 1.25. The Morgan fingerprint density at radius 3 is 2.36 bits per heavy atom. The van der Waals surface area contributed by atoms with Gasteiger partial charge in [-0.05, 0) is 62.2 Å². The second kappa shape index (κ2) is 10.6. The monoisotopic (exact) mass is 456 g/mol. The summed E-state index contributed by atoms with van der Waals surface area (Å²) in [5.74, 6) is 0.0479. The number of aromatic nitrogens is 3. The molecule has 10 heteroatoms. The Bertz CT molecular complexity index is 1250. The van der Waals surface area contributed by atoms with Gasteiger partial charge in [-0.3, -0.25) is 14.2 Å². The lowest BCUT2D eigenvalue weighted by molar-refractivity contribution is 0.0944. The molecule has 0 fully saturated rings. The Morgan fingerprint density at radius 2 is 1.70 bits per heavy atom. The summed E-state index contributed by atoms with van der Waals surface area (Å²) in [5.41, 5.74) is -0.886. The van der Waals surface area contributed by atoms with Crippen LogP contribution in [0.2, 0.25) is 0 Å². The highest BCUT2D eigenvalue weighted by Gasteiger charge is 2.18. The van der Waals surface area contributed by atoms with Gasteiger partial charge in [-0.15, -0.1) is 0 Å². The van der Waals surface area contributed by atoms with Crippen molar-refractivity contribution >= 4 is 5.91 Å². The third kappa shape index (κ3) is 5.46. The number of halogens is 1. The Morgan fingerprint density at radius 1 is 1.03 bits per heavy atom. The van der Waals surface area contributed by atoms with Gasteiger partial charge in [-0.2, -0.15) is 9.78 Å². The van der Waals surface area contributed by atoms with Gasteiger partial charge in [-0.25, -0.2) is 9.18 Å². The maximum absolute atomic E-state index is 13.2. The Hall–Kier alpha value is -3.95. The molecule has 3 aromatic rings. The van der Waals surface area contributed by atoms with Gasteiger partial charge in [0.1, 0.15) is 5.82 Å². The first-order chi connectivity index (χ1) is 15.8. The zero-order valence-electron chi connectivity index (χ0n) is 18.6. The fourth-order valence-electron chi connectivity index (χ4n) is 3.12. The molecule has 0 saturated heterocycles. The topological polar surface area (TPSA) is 104 Å². The quantitative estimate of drug-likeness (QED) is 0.527. The van der Waals surface area contributed by atoms with Crippen molar-refractivity contribution in [3.05, 3.63) is 80.4 Å². The predicted molar refractivity (Wildman–Crippen MR) is 120 cm³/mol. The van der Waals surface area contributed by atoms with Crippen molar-refractivity contribution in [2.75, 3.05) is 19.8 Å². The lowest BCUT2D eigenvalue weighted by atomic mass is 10.1. The van der Waals surface area contributed by atoms with Crippen LogP contribution in [0.25, 0.3) is 5.69 Å². The van der Waals surface area contributed by atoms with E-state index in [0.29, 0.717) is 31.1 Å². The minimum Gasteiger partial charge on any atom is -0.490 e. The molecule has 1 amide bonds. The molecule has 0 bridgehead atoms. The number of nitrogens with one attached hydrogen (secondary N) is 1. The first kappa shape index (κ1) is 23.7. The number of carbonyl (C=O) groups excluding carboxylic acids is 1. The first-order valence-electron chi connectivity index (χ1n) is 10.5. The number of rotatable bonds is 9. The van der Waals surface area contributed by atoms with Crippen LogP contribution in [-0.2, 0) is 13.5 Å². The molecule has 0 unspecified atom stereocenters. The van der Waals surface area contributed by atoms with Crippen molar-refractivity contribution in [3.8, 4) is 17.2 Å². The number of hydrogen-bond acceptors (Lipinski definition) is 6. The average molecular weight is 456 g/mol. The molecule has 1 N–H and O–H groups in total. The summed E-state index contributed by atoms with van der Waals surface area (Å²) in [6, 6.07) is 10.5. The molecule has 0 aliphatic carbocycles. The maximum atomic E-state index is 13.2. The van der Waals surface area contributed by atoms with E-state index in [0.717, 1.165) is 26.9 Å². The van der Waals surface area contributed by atoms with E-state index in [-0.39, 0.29) is 12.2 Å². The van der Waals surface area contributed by atoms with Crippen molar-refractivity contribution in [3.63, 3.8) is 0 Å². The molecule has 0 radical (unpaired) electrons. The molecule has 174 valence electrons. The van der Waals surface area contributed by atoms with Gasteiger partial charge in [0.2, 0.25) is 5.69 Å². The summed E-state index contributed by atoms with van der Waals surface area (Å²) >= 11 is 0. The Balaban J connectivity index is 1.77. The third-order valence-electron chi connectivity index (χ3n) is 4.77. The molecular weight excluding hydrogens is 431 g/mol. The number of ether oxygens (including phenoxy) is 2. The van der Waals surface area contributed by atoms with Crippen molar-refractivity contribution in [1.29, 1.82) is 0 Å². The summed E-state index contributed by atoms with van der Waals surface area (Å²) in [6.45, 7) is 4.98. The van der Waals surface area contributed by atoms with Gasteiger partial charge in [0.25, 0.3) is 11.5 Å². The average Bonchev–Trinajstić information content (AvgIpc) is 2.80. The predicted octanol–water partition coefficient (Wildman–Crippen LogP) is 1.84. The number of nitrogens with zero attached hydrogens (tertiary/aromatic N) is 3. The molecule has 1 heterocycles. The third-order valence-corrected chi connectivity index (χ3v) is 4.77. The van der Waals surface area contributed by atoms with Crippen molar-refractivity contribution in [2.45, 2.75) is 20.3 Å². The summed E-state index contributed by atoms with van der Waals surface area (Å²) in [6.07, 6.45) is 0.468. The fourth-order valence-corrected chi connectivity index (χ4v) is 3.12. The van der Waals surface area contributed by atoms with Crippen LogP contribution >= 0.6 is 0 Å². The van der Waals surface area contributed by atoms with Crippen LogP contribution in [0.1, 0.15) is 29.9 Å². The van der Waals surface area contributed by atoms with Crippen LogP contribution < -0.4 is 26.0 Å². The minimum atomic E-state index is -0.824. The van der Waals surface area contributed by atoms with Gasteiger partial charge >= 0.3 is 5.69 Å². The van der Waals surface area contributed by atoms with Gasteiger partial charge in [0.15, 0.2) is 11.5 Å². The van der Waals surface area contributed by atoms with Crippen LogP contribution in [0.5, 0.6) is 11.5 Å². The first-order valence-corrected chi connectivity index (χ1v) is 10.5. The van der Waals surface area contributed by atoms with Gasteiger partial charge < -0.3 is 14.8 Å². The van der Waals surface area contributed by atoms with Gasteiger partial charge in [0, 0.05) is 13.6 Å². The molecule has 0 atom stereocenters. The van der Waals surface area contributed by atoms with Crippen LogP contribution in [0, 0.1) is 5.82 Å². The fraction of sp³-hybridized carbons (Fsp3) is 0.304. The van der Waals surface area contributed by atoms with Crippen molar-refractivity contribution in [1.82, 2.24) is 19.7 Å². The summed E-state index contributed by atoms with van der Waals surface area (Å²) in [4.78, 5) is 37.5. The van der Waals surface area contributed by atoms with E-state index in [9.17, 15) is 18.8 Å². The maximum Gasteiger partial charge on any atom is 0.351 e. The number of amides is 1. The Labute approximate surface area is 189 Å². The highest BCUT2D eigenvalue weighted by Crippen LogP contribution is 2.28. The van der Waals surface area contributed by atoms with Crippen LogP contribution in [0.15, 0.2) is 52.1 Å². The molecule has 0 aliphatic heterocycles. The molecule has 3 rings (SSSR count). The smallest absolute Gasteiger partial charge is 0.351 e. The molecule has 0 saturated carbocycles. The second-order valence-electron chi connectivity index (χ2n) is 7.04. The Kier molecular flexibility index (Phi) is 7.60. The summed E-state index contributed by atoms with van der Waals surface area (Å²) < 4.78 is 26.0. The normalized spacial score (nSPS) is 10.7. The number of benzene rings is 2. The highest BCUT2D eigenvalue weighted by atomic mass is 19.1. The van der Waals surface area contributed by atoms with Gasteiger partial charge in [-0.1, -0.05) is 6.07 Å². The van der Waals surface area contributed by atoms with E-state index >= 15 is 0 Å². The van der Waals surface area contributed by atoms with Crippen LogP contribution in [0.4, 0.5) is 4.39 Å². The zero-order chi connectivity index (χ0) is 24.0. The summed E-state index contributed by atoms with van der Waals surface area (Å²) in [5, 5.41) is 6.58. The minimum absolute atomic E-state index is 0.221. The van der Waals surface area contributed by atoms with Crippen molar-refractivity contribution in [2.24, 2.45) is 7.05 Å². The van der Waals surface area contributed by atoms with E-state index in [1.54, 1.807) is 0 Å². The number of carbonyl (C=O) groups is 1. The molecule has 1 aromatic heterocycles. The standard InChI is InChI=1S/C23H25FN4O5/c1-4-32-18-11-6-15(14-19(18)33-5-2)12-13-25-21(29)20-22(30)27(3)23(31)28(26-20)17-9-7-16(24)8-10-17/h6-11,14H,4-5,12-13H2,1-3H3,(H,25,29). The lowest BCUT2D eigenvalue weighted by Crippen LogP contribution is -2.44. The SMILES string of the molecule is CCOc1ccc(CCNC(=O)c2nn(-c3ccc(F)cc3)c(=O)n(C)c2=O)cc1OCC. The van der Waals surface area contributed by atoms with E-state index in [2.05, 4.69) is 10.4 Å². The molecular formula is C23H25FN4O5. The molecule has 33 heavy (non-hydrogen) atoms. The molecule has 0 spiro atoms. The molecule has 0 aliphatic rings. The molecule has 9 nitrogen and oxygen atoms in total. The van der Waals surface area contributed by atoms with Gasteiger partial charge in [0.05, 0.1) is 18.9 Å². The lowest BCUT2D eigenvalue weighted by Gasteiger charge is -2.13. The van der Waals surface area contributed by atoms with Crippen molar-refractivity contribution < 1.29 is 18.7 Å². The highest BCUT2D eigenvalue weighted by molar-refractivity contribution is 5.91.